The molecular weight excluding hydrogens is 74.1 g/mol. The van der Waals surface area contributed by atoms with E-state index in [1.54, 1.807) is 19.3 Å². The molecule has 0 saturated heterocycles. The van der Waals surface area contributed by atoms with E-state index >= 15 is 0 Å². The molecule has 6 heavy (non-hydrogen) atoms. The van der Waals surface area contributed by atoms with Crippen LogP contribution in [0.1, 0.15) is 0 Å². The Balaban J connectivity index is 3.02. The molecule has 0 aliphatic rings. The van der Waals surface area contributed by atoms with E-state index in [0.717, 1.165) is 0 Å². The molecule has 0 rings (SSSR count). The molecule has 0 saturated carbocycles. The Hall–Kier alpha value is -0.900. The lowest BCUT2D eigenvalue weighted by Crippen LogP contribution is -1.89. The van der Waals surface area contributed by atoms with Crippen molar-refractivity contribution in [3.63, 3.8) is 0 Å². The summed E-state index contributed by atoms with van der Waals surface area (Å²) in [4.78, 5) is 0. The van der Waals surface area contributed by atoms with Crippen LogP contribution < -0.4 is 5.32 Å². The summed E-state index contributed by atoms with van der Waals surface area (Å²) in [7, 11) is 1.80. The first kappa shape index (κ1) is 5.10. The molecule has 0 fully saturated rings. The smallest absolute Gasteiger partial charge is 0.00461 e. The van der Waals surface area contributed by atoms with E-state index in [1.807, 2.05) is 0 Å². The molecule has 1 heteroatoms. The van der Waals surface area contributed by atoms with Crippen LogP contribution >= 0.6 is 0 Å². The van der Waals surface area contributed by atoms with E-state index in [-0.39, 0.29) is 0 Å². The zero-order valence-corrected chi connectivity index (χ0v) is 3.73. The minimum absolute atomic E-state index is 1.60. The van der Waals surface area contributed by atoms with Gasteiger partial charge >= 0.3 is 0 Å². The predicted molar refractivity (Wildman–Crippen MR) is 27.0 cm³/mol. The summed E-state index contributed by atoms with van der Waals surface area (Å²) in [6.45, 7) is 0. The van der Waals surface area contributed by atoms with E-state index in [0.29, 0.717) is 0 Å². The Morgan fingerprint density at radius 1 is 1.83 bits per heavy atom. The van der Waals surface area contributed by atoms with Gasteiger partial charge in [-0.1, -0.05) is 5.92 Å². The molecule has 0 atom stereocenters. The van der Waals surface area contributed by atoms with Gasteiger partial charge in [-0.25, -0.2) is 0 Å². The third-order valence-electron chi connectivity index (χ3n) is 0.346. The number of hydrogen-bond acceptors (Lipinski definition) is 1. The van der Waals surface area contributed by atoms with Crippen molar-refractivity contribution >= 4 is 0 Å². The molecule has 32 valence electrons. The fourth-order valence-corrected chi connectivity index (χ4v) is 0.131. The third kappa shape index (κ3) is 3.10. The van der Waals surface area contributed by atoms with Gasteiger partial charge < -0.3 is 5.32 Å². The second-order valence-corrected chi connectivity index (χ2v) is 0.789. The lowest BCUT2D eigenvalue weighted by Gasteiger charge is -1.75. The Morgan fingerprint density at radius 2 is 2.50 bits per heavy atom. The summed E-state index contributed by atoms with van der Waals surface area (Å²) in [6.07, 6.45) is 8.13. The van der Waals surface area contributed by atoms with Crippen molar-refractivity contribution in [3.8, 4) is 12.3 Å². The van der Waals surface area contributed by atoms with Gasteiger partial charge in [0.1, 0.15) is 0 Å². The van der Waals surface area contributed by atoms with Crippen molar-refractivity contribution in [1.82, 2.24) is 5.32 Å². The van der Waals surface area contributed by atoms with Crippen molar-refractivity contribution in [1.29, 1.82) is 0 Å². The Kier molecular flexibility index (Phi) is 3.48. The normalized spacial score (nSPS) is 8.00. The molecule has 0 unspecified atom stereocenters. The second-order valence-electron chi connectivity index (χ2n) is 0.789. The lowest BCUT2D eigenvalue weighted by atomic mass is 10.6. The minimum atomic E-state index is 1.60. The van der Waals surface area contributed by atoms with Gasteiger partial charge in [-0.2, -0.15) is 0 Å². The first-order valence-electron chi connectivity index (χ1n) is 1.70. The summed E-state index contributed by atoms with van der Waals surface area (Å²) in [6, 6.07) is 0. The predicted octanol–water partition coefficient (Wildman–Crippen LogP) is 0.353. The molecule has 0 bridgehead atoms. The van der Waals surface area contributed by atoms with Crippen LogP contribution in [0.25, 0.3) is 0 Å². The second kappa shape index (κ2) is 4.10. The standard InChI is InChI=1S/C5H7N/c1-3-4-5-6-2/h1,4-6H,2H3/b5-4+. The van der Waals surface area contributed by atoms with Gasteiger partial charge in [0.15, 0.2) is 0 Å². The number of hydrogen-bond donors (Lipinski definition) is 1. The van der Waals surface area contributed by atoms with Crippen molar-refractivity contribution in [2.75, 3.05) is 7.05 Å². The maximum Gasteiger partial charge on any atom is 0.00461 e. The summed E-state index contributed by atoms with van der Waals surface area (Å²) < 4.78 is 0. The monoisotopic (exact) mass is 81.1 g/mol. The van der Waals surface area contributed by atoms with E-state index in [1.165, 1.54) is 0 Å². The van der Waals surface area contributed by atoms with Gasteiger partial charge in [0.25, 0.3) is 0 Å². The molecule has 0 spiro atoms. The van der Waals surface area contributed by atoms with Crippen molar-refractivity contribution in [3.05, 3.63) is 12.3 Å². The summed E-state index contributed by atoms with van der Waals surface area (Å²) in [5.41, 5.74) is 0. The fraction of sp³-hybridized carbons (Fsp3) is 0.200. The molecule has 0 aliphatic heterocycles. The van der Waals surface area contributed by atoms with Crippen LogP contribution in [0.15, 0.2) is 12.3 Å². The van der Waals surface area contributed by atoms with E-state index in [2.05, 4.69) is 11.2 Å². The summed E-state index contributed by atoms with van der Waals surface area (Å²) >= 11 is 0. The molecule has 0 aromatic rings. The van der Waals surface area contributed by atoms with Crippen molar-refractivity contribution in [2.24, 2.45) is 0 Å². The average Bonchev–Trinajstić information content (AvgIpc) is 1.61. The highest BCUT2D eigenvalue weighted by Crippen LogP contribution is 1.54. The van der Waals surface area contributed by atoms with Crippen LogP contribution in [0, 0.1) is 12.3 Å². The van der Waals surface area contributed by atoms with E-state index in [9.17, 15) is 0 Å². The lowest BCUT2D eigenvalue weighted by molar-refractivity contribution is 1.10. The molecule has 0 radical (unpaired) electrons. The van der Waals surface area contributed by atoms with Crippen LogP contribution in [0.5, 0.6) is 0 Å². The fourth-order valence-electron chi connectivity index (χ4n) is 0.131. The van der Waals surface area contributed by atoms with Crippen LogP contribution in [0.3, 0.4) is 0 Å². The number of terminal acetylenes is 1. The largest absolute Gasteiger partial charge is 0.393 e. The molecule has 0 aliphatic carbocycles. The van der Waals surface area contributed by atoms with E-state index < -0.39 is 0 Å². The third-order valence-corrected chi connectivity index (χ3v) is 0.346. The highest BCUT2D eigenvalue weighted by molar-refractivity contribution is 5.07. The van der Waals surface area contributed by atoms with Gasteiger partial charge in [-0.15, -0.1) is 6.42 Å². The first-order valence-corrected chi connectivity index (χ1v) is 1.70. The molecular formula is C5H7N. The van der Waals surface area contributed by atoms with Crippen LogP contribution in [0.2, 0.25) is 0 Å². The maximum atomic E-state index is 4.84. The minimum Gasteiger partial charge on any atom is -0.393 e. The van der Waals surface area contributed by atoms with Crippen LogP contribution in [0.4, 0.5) is 0 Å². The van der Waals surface area contributed by atoms with Gasteiger partial charge in [0.05, 0.1) is 0 Å². The molecule has 1 N–H and O–H groups in total. The highest BCUT2D eigenvalue weighted by Gasteiger charge is 1.49. The van der Waals surface area contributed by atoms with E-state index in [4.69, 9.17) is 6.42 Å². The SMILES string of the molecule is C#C/C=C/NC. The Bertz CT molecular complexity index is 76.4. The van der Waals surface area contributed by atoms with Crippen molar-refractivity contribution in [2.45, 2.75) is 0 Å². The molecule has 0 aromatic carbocycles. The topological polar surface area (TPSA) is 12.0 Å². The van der Waals surface area contributed by atoms with Gasteiger partial charge in [-0.3, -0.25) is 0 Å². The Morgan fingerprint density at radius 3 is 2.67 bits per heavy atom. The van der Waals surface area contributed by atoms with Gasteiger partial charge in [0, 0.05) is 19.3 Å². The molecule has 1 nitrogen and oxygen atoms in total. The van der Waals surface area contributed by atoms with Crippen molar-refractivity contribution < 1.29 is 0 Å². The zero-order chi connectivity index (χ0) is 4.83. The number of rotatable bonds is 1. The molecule has 0 aromatic heterocycles. The van der Waals surface area contributed by atoms with Crippen LogP contribution in [-0.2, 0) is 0 Å². The van der Waals surface area contributed by atoms with Gasteiger partial charge in [-0.05, 0) is 0 Å². The summed E-state index contributed by atoms with van der Waals surface area (Å²) in [5, 5.41) is 2.75. The highest BCUT2D eigenvalue weighted by atomic mass is 14.8. The first-order chi connectivity index (χ1) is 2.91. The number of nitrogens with one attached hydrogen (secondary N) is 1. The number of allylic oxidation sites excluding steroid dienone is 1. The Labute approximate surface area is 38.1 Å². The van der Waals surface area contributed by atoms with Crippen LogP contribution in [-0.4, -0.2) is 7.05 Å². The molecule has 0 amide bonds. The van der Waals surface area contributed by atoms with Gasteiger partial charge in [0.2, 0.25) is 0 Å². The average molecular weight is 81.1 g/mol. The molecule has 0 heterocycles. The zero-order valence-electron chi connectivity index (χ0n) is 3.73. The summed E-state index contributed by atoms with van der Waals surface area (Å²) in [5.74, 6) is 2.33. The quantitative estimate of drug-likeness (QED) is 0.449. The maximum absolute atomic E-state index is 4.84.